The van der Waals surface area contributed by atoms with Crippen LogP contribution in [0.3, 0.4) is 0 Å². The number of thiophene rings is 1. The minimum Gasteiger partial charge on any atom is -0.351 e. The molecule has 0 bridgehead atoms. The van der Waals surface area contributed by atoms with E-state index in [1.165, 1.54) is 24.1 Å². The van der Waals surface area contributed by atoms with E-state index >= 15 is 0 Å². The first-order valence-electron chi connectivity index (χ1n) is 8.28. The van der Waals surface area contributed by atoms with Crippen molar-refractivity contribution in [3.63, 3.8) is 0 Å². The van der Waals surface area contributed by atoms with Crippen molar-refractivity contribution in [2.45, 2.75) is 56.9 Å². The van der Waals surface area contributed by atoms with Gasteiger partial charge in [-0.15, -0.1) is 11.3 Å². The Bertz CT molecular complexity index is 465. The number of rotatable bonds is 3. The van der Waals surface area contributed by atoms with Gasteiger partial charge in [0.2, 0.25) is 5.91 Å². The van der Waals surface area contributed by atoms with Gasteiger partial charge in [-0.25, -0.2) is 0 Å². The monoisotopic (exact) mass is 306 g/mol. The lowest BCUT2D eigenvalue weighted by atomic mass is 9.72. The zero-order chi connectivity index (χ0) is 14.7. The zero-order valence-corrected chi connectivity index (χ0v) is 13.7. The predicted octanol–water partition coefficient (Wildman–Crippen LogP) is 3.06. The van der Waals surface area contributed by atoms with E-state index in [0.29, 0.717) is 5.92 Å². The van der Waals surface area contributed by atoms with Crippen molar-refractivity contribution >= 4 is 17.2 Å². The minimum atomic E-state index is -0.260. The molecule has 3 nitrogen and oxygen atoms in total. The summed E-state index contributed by atoms with van der Waals surface area (Å²) in [4.78, 5) is 14.4. The molecule has 2 atom stereocenters. The first kappa shape index (κ1) is 15.0. The second-order valence-corrected chi connectivity index (χ2v) is 7.62. The second-order valence-electron chi connectivity index (χ2n) is 6.67. The van der Waals surface area contributed by atoms with Crippen LogP contribution in [0.5, 0.6) is 0 Å². The molecule has 1 aliphatic heterocycles. The van der Waals surface area contributed by atoms with Gasteiger partial charge in [0, 0.05) is 17.5 Å². The molecular weight excluding hydrogens is 280 g/mol. The molecule has 0 spiro atoms. The maximum atomic E-state index is 13.1. The smallest absolute Gasteiger partial charge is 0.231 e. The lowest BCUT2D eigenvalue weighted by Gasteiger charge is -2.38. The molecule has 0 radical (unpaired) electrons. The van der Waals surface area contributed by atoms with E-state index in [2.05, 4.69) is 35.1 Å². The summed E-state index contributed by atoms with van der Waals surface area (Å²) in [6.07, 6.45) is 6.77. The fourth-order valence-corrected chi connectivity index (χ4v) is 4.76. The molecule has 21 heavy (non-hydrogen) atoms. The number of carbonyl (C=O) groups excluding carboxylic acids is 1. The SMILES string of the molecule is CC1CCNCC1NC(=O)C1(c2cccs2)CCCCC1. The van der Waals surface area contributed by atoms with Crippen LogP contribution in [0.2, 0.25) is 0 Å². The van der Waals surface area contributed by atoms with E-state index in [9.17, 15) is 4.79 Å². The Balaban J connectivity index is 1.78. The van der Waals surface area contributed by atoms with Gasteiger partial charge in [0.1, 0.15) is 0 Å². The van der Waals surface area contributed by atoms with Crippen molar-refractivity contribution in [1.29, 1.82) is 0 Å². The lowest BCUT2D eigenvalue weighted by molar-refractivity contribution is -0.129. The molecule has 1 saturated heterocycles. The van der Waals surface area contributed by atoms with Gasteiger partial charge in [-0.3, -0.25) is 4.79 Å². The Morgan fingerprint density at radius 1 is 1.38 bits per heavy atom. The third kappa shape index (κ3) is 3.02. The van der Waals surface area contributed by atoms with Crippen LogP contribution >= 0.6 is 11.3 Å². The van der Waals surface area contributed by atoms with Gasteiger partial charge in [-0.1, -0.05) is 32.3 Å². The lowest BCUT2D eigenvalue weighted by Crippen LogP contribution is -2.55. The van der Waals surface area contributed by atoms with E-state index in [-0.39, 0.29) is 17.4 Å². The maximum absolute atomic E-state index is 13.1. The van der Waals surface area contributed by atoms with Crippen LogP contribution in [0, 0.1) is 5.92 Å². The molecule has 2 N–H and O–H groups in total. The van der Waals surface area contributed by atoms with Gasteiger partial charge in [0.15, 0.2) is 0 Å². The molecule has 1 aromatic rings. The predicted molar refractivity (Wildman–Crippen MR) is 87.7 cm³/mol. The number of hydrogen-bond donors (Lipinski definition) is 2. The van der Waals surface area contributed by atoms with Crippen LogP contribution in [-0.4, -0.2) is 25.0 Å². The van der Waals surface area contributed by atoms with E-state index < -0.39 is 0 Å². The summed E-state index contributed by atoms with van der Waals surface area (Å²) in [7, 11) is 0. The maximum Gasteiger partial charge on any atom is 0.231 e. The summed E-state index contributed by atoms with van der Waals surface area (Å²) in [5.41, 5.74) is -0.260. The molecule has 1 aliphatic carbocycles. The molecule has 0 aromatic carbocycles. The number of carbonyl (C=O) groups is 1. The highest BCUT2D eigenvalue weighted by molar-refractivity contribution is 7.10. The summed E-state index contributed by atoms with van der Waals surface area (Å²) < 4.78 is 0. The summed E-state index contributed by atoms with van der Waals surface area (Å²) in [6.45, 7) is 4.24. The van der Waals surface area contributed by atoms with Crippen molar-refractivity contribution in [2.24, 2.45) is 5.92 Å². The first-order chi connectivity index (χ1) is 10.2. The molecule has 1 amide bonds. The quantitative estimate of drug-likeness (QED) is 0.901. The van der Waals surface area contributed by atoms with Gasteiger partial charge in [-0.2, -0.15) is 0 Å². The van der Waals surface area contributed by atoms with Crippen LogP contribution in [0.4, 0.5) is 0 Å². The van der Waals surface area contributed by atoms with Crippen molar-refractivity contribution in [3.8, 4) is 0 Å². The van der Waals surface area contributed by atoms with Crippen LogP contribution in [0.25, 0.3) is 0 Å². The molecule has 2 heterocycles. The molecule has 4 heteroatoms. The largest absolute Gasteiger partial charge is 0.351 e. The van der Waals surface area contributed by atoms with Gasteiger partial charge in [-0.05, 0) is 43.2 Å². The normalized spacial score (nSPS) is 29.0. The van der Waals surface area contributed by atoms with Gasteiger partial charge in [0.25, 0.3) is 0 Å². The molecule has 1 saturated carbocycles. The zero-order valence-electron chi connectivity index (χ0n) is 12.9. The molecule has 116 valence electrons. The Morgan fingerprint density at radius 3 is 2.86 bits per heavy atom. The highest BCUT2D eigenvalue weighted by Gasteiger charge is 2.43. The number of amides is 1. The number of hydrogen-bond acceptors (Lipinski definition) is 3. The van der Waals surface area contributed by atoms with E-state index in [1.807, 2.05) is 0 Å². The van der Waals surface area contributed by atoms with E-state index in [0.717, 1.165) is 32.4 Å². The standard InChI is InChI=1S/C17H26N2OS/c1-13-7-10-18-12-14(13)19-16(20)17(8-3-2-4-9-17)15-6-5-11-21-15/h5-6,11,13-14,18H,2-4,7-10,12H2,1H3,(H,19,20). The van der Waals surface area contributed by atoms with E-state index in [1.54, 1.807) is 11.3 Å². The molecule has 3 rings (SSSR count). The highest BCUT2D eigenvalue weighted by Crippen LogP contribution is 2.42. The summed E-state index contributed by atoms with van der Waals surface area (Å²) in [5.74, 6) is 0.837. The Kier molecular flexibility index (Phi) is 4.65. The molecule has 2 fully saturated rings. The first-order valence-corrected chi connectivity index (χ1v) is 9.16. The fourth-order valence-electron chi connectivity index (χ4n) is 3.78. The van der Waals surface area contributed by atoms with Crippen molar-refractivity contribution in [3.05, 3.63) is 22.4 Å². The highest BCUT2D eigenvalue weighted by atomic mass is 32.1. The Morgan fingerprint density at radius 2 is 2.19 bits per heavy atom. The van der Waals surface area contributed by atoms with Crippen LogP contribution in [-0.2, 0) is 10.2 Å². The Labute approximate surface area is 131 Å². The van der Waals surface area contributed by atoms with Gasteiger partial charge >= 0.3 is 0 Å². The van der Waals surface area contributed by atoms with Gasteiger partial charge in [0.05, 0.1) is 5.41 Å². The van der Waals surface area contributed by atoms with Crippen LogP contribution < -0.4 is 10.6 Å². The summed E-state index contributed by atoms with van der Waals surface area (Å²) in [5, 5.41) is 8.88. The molecule has 2 unspecified atom stereocenters. The number of piperidine rings is 1. The topological polar surface area (TPSA) is 41.1 Å². The molecular formula is C17H26N2OS. The average molecular weight is 306 g/mol. The second kappa shape index (κ2) is 6.49. The molecule has 1 aromatic heterocycles. The number of nitrogens with one attached hydrogen (secondary N) is 2. The summed E-state index contributed by atoms with van der Waals surface area (Å²) in [6, 6.07) is 4.51. The summed E-state index contributed by atoms with van der Waals surface area (Å²) >= 11 is 1.74. The third-order valence-corrected chi connectivity index (χ3v) is 6.35. The van der Waals surface area contributed by atoms with Crippen molar-refractivity contribution in [1.82, 2.24) is 10.6 Å². The van der Waals surface area contributed by atoms with E-state index in [4.69, 9.17) is 0 Å². The minimum absolute atomic E-state index is 0.260. The van der Waals surface area contributed by atoms with Crippen LogP contribution in [0.1, 0.15) is 50.3 Å². The van der Waals surface area contributed by atoms with Gasteiger partial charge < -0.3 is 10.6 Å². The van der Waals surface area contributed by atoms with Crippen molar-refractivity contribution < 1.29 is 4.79 Å². The third-order valence-electron chi connectivity index (χ3n) is 5.28. The van der Waals surface area contributed by atoms with Crippen LogP contribution in [0.15, 0.2) is 17.5 Å². The fraction of sp³-hybridized carbons (Fsp3) is 0.706. The Hall–Kier alpha value is -0.870. The average Bonchev–Trinajstić information content (AvgIpc) is 3.05. The molecule has 2 aliphatic rings. The van der Waals surface area contributed by atoms with Crippen molar-refractivity contribution in [2.75, 3.05) is 13.1 Å².